The standard InChI is InChI=1S/C11H18N3O9P/c1-5(15)11(12)2-3-14(10(18)13-11)9-8(17)7(16)6(23-9)4-22-24(19,20)21/h2-3,6-9,16-17H,4,12H2,1H3,(H,13,18)(H2,19,20,21)/t6-,7-,8-,9-,11?/m1/s1. The Balaban J connectivity index is 2.11. The second-order valence-corrected chi connectivity index (χ2v) is 6.65. The fraction of sp³-hybridized carbons (Fsp3) is 0.636. The summed E-state index contributed by atoms with van der Waals surface area (Å²) in [6.45, 7) is 0.479. The Morgan fingerprint density at radius 2 is 2.12 bits per heavy atom. The SMILES string of the molecule is CC(=O)C1(N)C=CN([C@@H]2O[C@H](COP(=O)(O)O)[C@@H](O)[C@H]2O)C(=O)N1. The van der Waals surface area contributed by atoms with Crippen molar-refractivity contribution >= 4 is 19.6 Å². The largest absolute Gasteiger partial charge is 0.469 e. The van der Waals surface area contributed by atoms with Crippen LogP contribution in [0.4, 0.5) is 4.79 Å². The Labute approximate surface area is 136 Å². The van der Waals surface area contributed by atoms with Gasteiger partial charge in [0.25, 0.3) is 0 Å². The Bertz CT molecular complexity index is 608. The maximum atomic E-state index is 12.1. The van der Waals surface area contributed by atoms with E-state index >= 15 is 0 Å². The topological polar surface area (TPSA) is 192 Å². The molecule has 0 radical (unpaired) electrons. The molecule has 0 spiro atoms. The van der Waals surface area contributed by atoms with Crippen LogP contribution in [-0.4, -0.2) is 73.5 Å². The predicted molar refractivity (Wildman–Crippen MR) is 75.8 cm³/mol. The Kier molecular flexibility index (Phi) is 5.14. The van der Waals surface area contributed by atoms with Gasteiger partial charge in [-0.15, -0.1) is 0 Å². The molecule has 0 aromatic heterocycles. The smallest absolute Gasteiger partial charge is 0.387 e. The molecular weight excluding hydrogens is 349 g/mol. The highest BCUT2D eigenvalue weighted by Crippen LogP contribution is 2.37. The number of carbonyl (C=O) groups is 2. The summed E-state index contributed by atoms with van der Waals surface area (Å²) in [4.78, 5) is 41.7. The first-order valence-electron chi connectivity index (χ1n) is 6.76. The number of nitrogens with two attached hydrogens (primary N) is 1. The zero-order chi connectivity index (χ0) is 18.3. The van der Waals surface area contributed by atoms with E-state index in [2.05, 4.69) is 9.84 Å². The van der Waals surface area contributed by atoms with Crippen LogP contribution in [0.2, 0.25) is 0 Å². The number of rotatable bonds is 5. The maximum absolute atomic E-state index is 12.1. The van der Waals surface area contributed by atoms with Crippen molar-refractivity contribution in [2.24, 2.45) is 5.73 Å². The summed E-state index contributed by atoms with van der Waals surface area (Å²) in [6.07, 6.45) is -3.48. The van der Waals surface area contributed by atoms with Gasteiger partial charge in [-0.2, -0.15) is 0 Å². The number of ketones is 1. The quantitative estimate of drug-likeness (QED) is 0.279. The first-order chi connectivity index (χ1) is 10.9. The predicted octanol–water partition coefficient (Wildman–Crippen LogP) is -2.67. The number of aliphatic hydroxyl groups excluding tert-OH is 2. The van der Waals surface area contributed by atoms with Crippen LogP contribution in [0.1, 0.15) is 6.92 Å². The van der Waals surface area contributed by atoms with Gasteiger partial charge in [-0.3, -0.25) is 20.0 Å². The van der Waals surface area contributed by atoms with Crippen molar-refractivity contribution in [1.82, 2.24) is 10.2 Å². The molecular formula is C11H18N3O9P. The summed E-state index contributed by atoms with van der Waals surface area (Å²) in [5.41, 5.74) is 3.99. The molecule has 1 unspecified atom stereocenters. The van der Waals surface area contributed by atoms with Gasteiger partial charge in [0.2, 0.25) is 0 Å². The molecule has 136 valence electrons. The van der Waals surface area contributed by atoms with E-state index in [0.29, 0.717) is 0 Å². The van der Waals surface area contributed by atoms with Crippen molar-refractivity contribution < 1.29 is 43.4 Å². The number of nitrogens with zero attached hydrogens (tertiary/aromatic N) is 1. The average molecular weight is 367 g/mol. The van der Waals surface area contributed by atoms with Gasteiger partial charge in [-0.05, 0) is 13.0 Å². The number of Topliss-reactive ketones (excluding diaryl/α,β-unsaturated/α-hetero) is 1. The summed E-state index contributed by atoms with van der Waals surface area (Å²) in [6, 6.07) is -0.858. The molecule has 2 aliphatic heterocycles. The lowest BCUT2D eigenvalue weighted by Gasteiger charge is -2.36. The number of phosphoric ester groups is 1. The van der Waals surface area contributed by atoms with E-state index in [0.717, 1.165) is 11.1 Å². The van der Waals surface area contributed by atoms with Gasteiger partial charge in [0, 0.05) is 6.20 Å². The van der Waals surface area contributed by atoms with Gasteiger partial charge < -0.3 is 30.1 Å². The van der Waals surface area contributed by atoms with E-state index in [-0.39, 0.29) is 0 Å². The van der Waals surface area contributed by atoms with Crippen molar-refractivity contribution in [2.75, 3.05) is 6.61 Å². The van der Waals surface area contributed by atoms with Gasteiger partial charge in [0.05, 0.1) is 6.61 Å². The number of hydrogen-bond acceptors (Lipinski definition) is 8. The fourth-order valence-corrected chi connectivity index (χ4v) is 2.56. The molecule has 0 aromatic rings. The normalized spacial score (nSPS) is 36.8. The van der Waals surface area contributed by atoms with Gasteiger partial charge >= 0.3 is 13.9 Å². The van der Waals surface area contributed by atoms with E-state index in [1.165, 1.54) is 13.0 Å². The summed E-state index contributed by atoms with van der Waals surface area (Å²) < 4.78 is 20.2. The van der Waals surface area contributed by atoms with Crippen molar-refractivity contribution in [2.45, 2.75) is 37.1 Å². The lowest BCUT2D eigenvalue weighted by Crippen LogP contribution is -2.65. The number of urea groups is 1. The van der Waals surface area contributed by atoms with Crippen LogP contribution in [-0.2, 0) is 18.6 Å². The van der Waals surface area contributed by atoms with Crippen LogP contribution in [0.3, 0.4) is 0 Å². The highest BCUT2D eigenvalue weighted by Gasteiger charge is 2.49. The molecule has 0 bridgehead atoms. The fourth-order valence-electron chi connectivity index (χ4n) is 2.22. The minimum Gasteiger partial charge on any atom is -0.387 e. The number of hydrogen-bond donors (Lipinski definition) is 6. The second-order valence-electron chi connectivity index (χ2n) is 5.41. The lowest BCUT2D eigenvalue weighted by molar-refractivity contribution is -0.121. The van der Waals surface area contributed by atoms with Crippen LogP contribution in [0, 0.1) is 0 Å². The molecule has 0 aromatic carbocycles. The monoisotopic (exact) mass is 367 g/mol. The van der Waals surface area contributed by atoms with Crippen LogP contribution < -0.4 is 11.1 Å². The van der Waals surface area contributed by atoms with Gasteiger partial charge in [0.15, 0.2) is 17.7 Å². The number of aliphatic hydroxyl groups is 2. The van der Waals surface area contributed by atoms with Crippen molar-refractivity contribution in [3.63, 3.8) is 0 Å². The third-order valence-electron chi connectivity index (χ3n) is 3.65. The third kappa shape index (κ3) is 3.82. The van der Waals surface area contributed by atoms with Crippen molar-refractivity contribution in [3.8, 4) is 0 Å². The molecule has 12 nitrogen and oxygen atoms in total. The second kappa shape index (κ2) is 6.50. The zero-order valence-electron chi connectivity index (χ0n) is 12.5. The molecule has 2 aliphatic rings. The molecule has 0 aliphatic carbocycles. The lowest BCUT2D eigenvalue weighted by atomic mass is 10.1. The molecule has 13 heteroatoms. The molecule has 7 N–H and O–H groups in total. The van der Waals surface area contributed by atoms with E-state index in [1.807, 2.05) is 0 Å². The van der Waals surface area contributed by atoms with Crippen LogP contribution in [0.15, 0.2) is 12.3 Å². The number of phosphoric acid groups is 1. The molecule has 2 heterocycles. The van der Waals surface area contributed by atoms with E-state index in [4.69, 9.17) is 20.3 Å². The van der Waals surface area contributed by atoms with Crippen LogP contribution in [0.5, 0.6) is 0 Å². The number of carbonyl (C=O) groups excluding carboxylic acids is 2. The minimum atomic E-state index is -4.79. The molecule has 2 amide bonds. The minimum absolute atomic E-state index is 0.521. The first-order valence-corrected chi connectivity index (χ1v) is 8.29. The van der Waals surface area contributed by atoms with Gasteiger partial charge in [-0.1, -0.05) is 0 Å². The number of amides is 2. The van der Waals surface area contributed by atoms with Crippen LogP contribution >= 0.6 is 7.82 Å². The summed E-state index contributed by atoms with van der Waals surface area (Å²) in [5, 5.41) is 22.1. The summed E-state index contributed by atoms with van der Waals surface area (Å²) in [5.74, 6) is -0.521. The van der Waals surface area contributed by atoms with Gasteiger partial charge in [0.1, 0.15) is 18.3 Å². The Morgan fingerprint density at radius 1 is 1.50 bits per heavy atom. The van der Waals surface area contributed by atoms with Crippen molar-refractivity contribution in [3.05, 3.63) is 12.3 Å². The molecule has 2 rings (SSSR count). The molecule has 1 fully saturated rings. The van der Waals surface area contributed by atoms with Gasteiger partial charge in [-0.25, -0.2) is 9.36 Å². The molecule has 0 saturated carbocycles. The van der Waals surface area contributed by atoms with Crippen LogP contribution in [0.25, 0.3) is 0 Å². The summed E-state index contributed by atoms with van der Waals surface area (Å²) >= 11 is 0. The third-order valence-corrected chi connectivity index (χ3v) is 4.13. The van der Waals surface area contributed by atoms with E-state index in [9.17, 15) is 24.4 Å². The molecule has 1 saturated heterocycles. The highest BCUT2D eigenvalue weighted by molar-refractivity contribution is 7.46. The van der Waals surface area contributed by atoms with Crippen molar-refractivity contribution in [1.29, 1.82) is 0 Å². The average Bonchev–Trinajstić information content (AvgIpc) is 2.72. The number of ether oxygens (including phenoxy) is 1. The molecule has 24 heavy (non-hydrogen) atoms. The van der Waals surface area contributed by atoms with E-state index in [1.54, 1.807) is 0 Å². The van der Waals surface area contributed by atoms with E-state index < -0.39 is 56.4 Å². The first kappa shape index (κ1) is 19.0. The summed E-state index contributed by atoms with van der Waals surface area (Å²) in [7, 11) is -4.79. The highest BCUT2D eigenvalue weighted by atomic mass is 31.2. The Hall–Kier alpha value is -1.37. The molecule has 5 atom stereocenters. The maximum Gasteiger partial charge on any atom is 0.469 e. The Morgan fingerprint density at radius 3 is 2.62 bits per heavy atom. The zero-order valence-corrected chi connectivity index (χ0v) is 13.4. The number of nitrogens with one attached hydrogen (secondary N) is 1.